The van der Waals surface area contributed by atoms with Gasteiger partial charge in [-0.2, -0.15) is 0 Å². The zero-order valence-corrected chi connectivity index (χ0v) is 17.0. The number of ether oxygens (including phenoxy) is 1. The minimum Gasteiger partial charge on any atom is -0.378 e. The molecule has 2 aromatic rings. The molecule has 1 aromatic carbocycles. The number of carbonyl (C=O) groups excluding carboxylic acids is 1. The molecule has 0 aliphatic carbocycles. The van der Waals surface area contributed by atoms with Crippen molar-refractivity contribution in [3.63, 3.8) is 0 Å². The van der Waals surface area contributed by atoms with Crippen molar-refractivity contribution in [3.05, 3.63) is 57.5 Å². The molecule has 2 rings (SSSR count). The number of aromatic nitrogens is 2. The van der Waals surface area contributed by atoms with E-state index in [4.69, 9.17) is 4.74 Å². The summed E-state index contributed by atoms with van der Waals surface area (Å²) in [5.74, 6) is 0.179. The minimum absolute atomic E-state index is 0.0515. The number of carbonyl (C=O) groups is 1. The average molecular weight is 390 g/mol. The topological polar surface area (TPSA) is 73.2 Å². The maximum Gasteiger partial charge on any atom is 0.257 e. The first-order chi connectivity index (χ1) is 13.1. The van der Waals surface area contributed by atoms with E-state index in [1.165, 1.54) is 16.3 Å². The summed E-state index contributed by atoms with van der Waals surface area (Å²) >= 11 is 1.27. The van der Waals surface area contributed by atoms with E-state index in [1.807, 2.05) is 30.3 Å². The van der Waals surface area contributed by atoms with Crippen molar-refractivity contribution < 1.29 is 9.53 Å². The van der Waals surface area contributed by atoms with Gasteiger partial charge in [0.15, 0.2) is 5.16 Å². The van der Waals surface area contributed by atoms with Gasteiger partial charge in [-0.15, -0.1) is 0 Å². The molecule has 27 heavy (non-hydrogen) atoms. The minimum atomic E-state index is -0.102. The normalized spacial score (nSPS) is 10.8. The summed E-state index contributed by atoms with van der Waals surface area (Å²) in [4.78, 5) is 29.4. The van der Waals surface area contributed by atoms with Crippen LogP contribution in [0.5, 0.6) is 0 Å². The SMILES string of the molecule is CCCCNC(=O)CSc1nc(COC)c(Cc2ccccc2)c(=O)n1C. The second-order valence-electron chi connectivity index (χ2n) is 6.27. The number of thioether (sulfide) groups is 1. The molecule has 0 spiro atoms. The standard InChI is InChI=1S/C20H27N3O3S/c1-4-5-11-21-18(24)14-27-20-22-17(13-26-3)16(19(25)23(20)2)12-15-9-7-6-8-10-15/h6-10H,4-5,11-14H2,1-3H3,(H,21,24). The fourth-order valence-electron chi connectivity index (χ4n) is 2.62. The predicted octanol–water partition coefficient (Wildman–Crippen LogP) is 2.53. The quantitative estimate of drug-likeness (QED) is 0.384. The molecular weight excluding hydrogens is 362 g/mol. The van der Waals surface area contributed by atoms with Gasteiger partial charge in [0.1, 0.15) is 0 Å². The van der Waals surface area contributed by atoms with E-state index in [1.54, 1.807) is 14.2 Å². The smallest absolute Gasteiger partial charge is 0.257 e. The van der Waals surface area contributed by atoms with Gasteiger partial charge < -0.3 is 10.1 Å². The molecule has 0 bridgehead atoms. The van der Waals surface area contributed by atoms with Gasteiger partial charge in [-0.3, -0.25) is 14.2 Å². The molecule has 0 saturated carbocycles. The second-order valence-corrected chi connectivity index (χ2v) is 7.21. The summed E-state index contributed by atoms with van der Waals surface area (Å²) in [5.41, 5.74) is 2.19. The van der Waals surface area contributed by atoms with Crippen molar-refractivity contribution >= 4 is 17.7 Å². The molecule has 146 valence electrons. The zero-order chi connectivity index (χ0) is 19.6. The molecule has 0 fully saturated rings. The molecule has 0 atom stereocenters. The highest BCUT2D eigenvalue weighted by atomic mass is 32.2. The van der Waals surface area contributed by atoms with E-state index in [9.17, 15) is 9.59 Å². The van der Waals surface area contributed by atoms with Crippen molar-refractivity contribution in [2.75, 3.05) is 19.4 Å². The molecule has 6 nitrogen and oxygen atoms in total. The third-order valence-corrected chi connectivity index (χ3v) is 5.15. The Hall–Kier alpha value is -2.12. The van der Waals surface area contributed by atoms with Crippen LogP contribution in [0.15, 0.2) is 40.3 Å². The molecular formula is C20H27N3O3S. The number of nitrogens with zero attached hydrogens (tertiary/aromatic N) is 2. The van der Waals surface area contributed by atoms with Crippen molar-refractivity contribution in [2.24, 2.45) is 7.05 Å². The number of hydrogen-bond donors (Lipinski definition) is 1. The summed E-state index contributed by atoms with van der Waals surface area (Å²) in [5, 5.41) is 3.39. The third kappa shape index (κ3) is 6.22. The van der Waals surface area contributed by atoms with Gasteiger partial charge in [-0.05, 0) is 12.0 Å². The van der Waals surface area contributed by atoms with Crippen LogP contribution in [-0.4, -0.2) is 34.9 Å². The lowest BCUT2D eigenvalue weighted by molar-refractivity contribution is -0.118. The molecule has 0 aliphatic heterocycles. The number of benzene rings is 1. The van der Waals surface area contributed by atoms with Crippen molar-refractivity contribution in [1.82, 2.24) is 14.9 Å². The highest BCUT2D eigenvalue weighted by Gasteiger charge is 2.16. The zero-order valence-electron chi connectivity index (χ0n) is 16.2. The van der Waals surface area contributed by atoms with Crippen LogP contribution in [0.25, 0.3) is 0 Å². The molecule has 1 heterocycles. The van der Waals surface area contributed by atoms with E-state index in [0.717, 1.165) is 18.4 Å². The Labute approximate surface area is 164 Å². The number of amides is 1. The van der Waals surface area contributed by atoms with Crippen LogP contribution < -0.4 is 10.9 Å². The van der Waals surface area contributed by atoms with Crippen molar-refractivity contribution in [3.8, 4) is 0 Å². The van der Waals surface area contributed by atoms with Crippen LogP contribution in [0.4, 0.5) is 0 Å². The Morgan fingerprint density at radius 3 is 2.70 bits per heavy atom. The van der Waals surface area contributed by atoms with Gasteiger partial charge in [0.25, 0.3) is 5.56 Å². The first-order valence-electron chi connectivity index (χ1n) is 9.08. The van der Waals surface area contributed by atoms with E-state index >= 15 is 0 Å². The lowest BCUT2D eigenvalue weighted by Crippen LogP contribution is -2.29. The third-order valence-electron chi connectivity index (χ3n) is 4.12. The number of rotatable bonds is 10. The van der Waals surface area contributed by atoms with Gasteiger partial charge >= 0.3 is 0 Å². The first-order valence-corrected chi connectivity index (χ1v) is 10.1. The molecule has 7 heteroatoms. The van der Waals surface area contributed by atoms with Crippen LogP contribution in [0, 0.1) is 0 Å². The molecule has 0 radical (unpaired) electrons. The molecule has 1 N–H and O–H groups in total. The average Bonchev–Trinajstić information content (AvgIpc) is 2.67. The second kappa shape index (κ2) is 10.9. The Kier molecular flexibility index (Phi) is 8.54. The monoisotopic (exact) mass is 389 g/mol. The number of nitrogens with one attached hydrogen (secondary N) is 1. The van der Waals surface area contributed by atoms with Gasteiger partial charge in [0.05, 0.1) is 18.1 Å². The summed E-state index contributed by atoms with van der Waals surface area (Å²) < 4.78 is 6.76. The Bertz CT molecular complexity index is 806. The first kappa shape index (κ1) is 21.2. The van der Waals surface area contributed by atoms with Crippen LogP contribution in [-0.2, 0) is 29.6 Å². The van der Waals surface area contributed by atoms with Gasteiger partial charge in [-0.1, -0.05) is 55.4 Å². The molecule has 0 unspecified atom stereocenters. The van der Waals surface area contributed by atoms with E-state index in [-0.39, 0.29) is 23.8 Å². The molecule has 0 saturated heterocycles. The van der Waals surface area contributed by atoms with Crippen molar-refractivity contribution in [1.29, 1.82) is 0 Å². The summed E-state index contributed by atoms with van der Waals surface area (Å²) in [6.07, 6.45) is 2.49. The lowest BCUT2D eigenvalue weighted by atomic mass is 10.0. The van der Waals surface area contributed by atoms with Crippen LogP contribution >= 0.6 is 11.8 Å². The lowest BCUT2D eigenvalue weighted by Gasteiger charge is -2.14. The maximum absolute atomic E-state index is 12.9. The fourth-order valence-corrected chi connectivity index (χ4v) is 3.43. The van der Waals surface area contributed by atoms with Crippen LogP contribution in [0.2, 0.25) is 0 Å². The summed E-state index contributed by atoms with van der Waals surface area (Å²) in [6, 6.07) is 9.81. The predicted molar refractivity (Wildman–Crippen MR) is 108 cm³/mol. The van der Waals surface area contributed by atoms with Gasteiger partial charge in [-0.25, -0.2) is 4.98 Å². The Balaban J connectivity index is 2.20. The summed E-state index contributed by atoms with van der Waals surface area (Å²) in [7, 11) is 3.27. The Morgan fingerprint density at radius 2 is 2.04 bits per heavy atom. The van der Waals surface area contributed by atoms with E-state index in [2.05, 4.69) is 17.2 Å². The fraction of sp³-hybridized carbons (Fsp3) is 0.450. The maximum atomic E-state index is 12.9. The number of unbranched alkanes of at least 4 members (excludes halogenated alkanes) is 1. The number of hydrogen-bond acceptors (Lipinski definition) is 5. The van der Waals surface area contributed by atoms with Crippen LogP contribution in [0.1, 0.15) is 36.6 Å². The summed E-state index contributed by atoms with van der Waals surface area (Å²) in [6.45, 7) is 3.01. The van der Waals surface area contributed by atoms with Gasteiger partial charge in [0.2, 0.25) is 5.91 Å². The van der Waals surface area contributed by atoms with Crippen LogP contribution in [0.3, 0.4) is 0 Å². The highest BCUT2D eigenvalue weighted by molar-refractivity contribution is 7.99. The largest absolute Gasteiger partial charge is 0.378 e. The van der Waals surface area contributed by atoms with E-state index < -0.39 is 0 Å². The van der Waals surface area contributed by atoms with E-state index in [0.29, 0.717) is 29.4 Å². The molecule has 0 aliphatic rings. The molecule has 1 amide bonds. The molecule has 1 aromatic heterocycles. The Morgan fingerprint density at radius 1 is 1.30 bits per heavy atom. The van der Waals surface area contributed by atoms with Gasteiger partial charge in [0, 0.05) is 32.7 Å². The highest BCUT2D eigenvalue weighted by Crippen LogP contribution is 2.17. The number of methoxy groups -OCH3 is 1. The van der Waals surface area contributed by atoms with Crippen molar-refractivity contribution in [2.45, 2.75) is 37.9 Å².